The van der Waals surface area contributed by atoms with E-state index < -0.39 is 23.8 Å². The first-order valence-electron chi connectivity index (χ1n) is 10.9. The third-order valence-electron chi connectivity index (χ3n) is 5.62. The lowest BCUT2D eigenvalue weighted by Gasteiger charge is -2.21. The highest BCUT2D eigenvalue weighted by Crippen LogP contribution is 2.43. The van der Waals surface area contributed by atoms with Crippen LogP contribution in [0, 0.1) is 6.92 Å². The quantitative estimate of drug-likeness (QED) is 0.267. The van der Waals surface area contributed by atoms with Gasteiger partial charge < -0.3 is 15.4 Å². The Bertz CT molecular complexity index is 1400. The van der Waals surface area contributed by atoms with Gasteiger partial charge in [-0.15, -0.1) is 11.3 Å². The second kappa shape index (κ2) is 9.90. The van der Waals surface area contributed by atoms with E-state index in [2.05, 4.69) is 16.8 Å². The highest BCUT2D eigenvalue weighted by atomic mass is 32.1. The molecule has 2 aromatic heterocycles. The molecule has 10 heteroatoms. The molecule has 4 aromatic rings. The van der Waals surface area contributed by atoms with Gasteiger partial charge in [0.15, 0.2) is 0 Å². The molecule has 0 fully saturated rings. The van der Waals surface area contributed by atoms with Crippen LogP contribution in [-0.4, -0.2) is 16.1 Å². The van der Waals surface area contributed by atoms with Crippen molar-refractivity contribution < 1.29 is 22.7 Å². The topological polar surface area (TPSA) is 84.2 Å². The summed E-state index contributed by atoms with van der Waals surface area (Å²) in [4.78, 5) is 14.1. The number of carbonyl (C=O) groups excluding carboxylic acids is 1. The molecule has 0 aliphatic carbocycles. The fraction of sp³-hybridized carbons (Fsp3) is 0.154. The number of halogens is 3. The monoisotopic (exact) mass is 512 g/mol. The molecule has 2 aromatic carbocycles. The number of nitrogens with one attached hydrogen (secondary N) is 1. The summed E-state index contributed by atoms with van der Waals surface area (Å²) in [5.41, 5.74) is 8.38. The number of thiophene rings is 1. The largest absolute Gasteiger partial charge is 0.484 e. The number of hydrogen-bond acceptors (Lipinski definition) is 5. The number of aryl methyl sites for hydroxylation is 1. The van der Waals surface area contributed by atoms with Gasteiger partial charge in [-0.05, 0) is 43.2 Å². The van der Waals surface area contributed by atoms with Crippen LogP contribution in [-0.2, 0) is 6.18 Å². The number of amides is 1. The Morgan fingerprint density at radius 2 is 1.97 bits per heavy atom. The molecule has 0 aliphatic heterocycles. The van der Waals surface area contributed by atoms with E-state index in [1.807, 2.05) is 25.1 Å². The average molecular weight is 513 g/mol. The van der Waals surface area contributed by atoms with Crippen molar-refractivity contribution in [1.29, 1.82) is 0 Å². The summed E-state index contributed by atoms with van der Waals surface area (Å²) < 4.78 is 46.4. The van der Waals surface area contributed by atoms with E-state index in [1.165, 1.54) is 25.1 Å². The fourth-order valence-corrected chi connectivity index (χ4v) is 4.88. The van der Waals surface area contributed by atoms with Crippen LogP contribution < -0.4 is 15.4 Å². The molecule has 2 heterocycles. The van der Waals surface area contributed by atoms with Crippen LogP contribution in [0.5, 0.6) is 5.75 Å². The van der Waals surface area contributed by atoms with Crippen molar-refractivity contribution in [3.63, 3.8) is 0 Å². The maximum absolute atomic E-state index is 13.5. The van der Waals surface area contributed by atoms with Gasteiger partial charge in [0.25, 0.3) is 5.91 Å². The van der Waals surface area contributed by atoms with Gasteiger partial charge in [0.05, 0.1) is 11.8 Å². The molecule has 1 atom stereocenters. The Kier molecular flexibility index (Phi) is 6.89. The Labute approximate surface area is 209 Å². The molecule has 36 heavy (non-hydrogen) atoms. The summed E-state index contributed by atoms with van der Waals surface area (Å²) in [5, 5.41) is 7.33. The van der Waals surface area contributed by atoms with Gasteiger partial charge in [0, 0.05) is 35.3 Å². The lowest BCUT2D eigenvalue weighted by atomic mass is 10.0. The number of primary amides is 1. The van der Waals surface area contributed by atoms with Gasteiger partial charge in [0.1, 0.15) is 21.7 Å². The number of ether oxygens (including phenoxy) is 1. The Morgan fingerprint density at radius 1 is 1.22 bits per heavy atom. The van der Waals surface area contributed by atoms with Gasteiger partial charge in [-0.25, -0.2) is 0 Å². The molecule has 0 aliphatic rings. The Balaban J connectivity index is 1.68. The average Bonchev–Trinajstić information content (AvgIpc) is 3.51. The number of carbonyl (C=O) groups is 1. The van der Waals surface area contributed by atoms with Gasteiger partial charge in [-0.1, -0.05) is 30.8 Å². The predicted molar refractivity (Wildman–Crippen MR) is 134 cm³/mol. The van der Waals surface area contributed by atoms with Crippen LogP contribution in [0.25, 0.3) is 11.1 Å². The number of benzene rings is 2. The third kappa shape index (κ3) is 4.99. The molecular weight excluding hydrogens is 489 g/mol. The third-order valence-corrected chi connectivity index (χ3v) is 6.75. The van der Waals surface area contributed by atoms with Gasteiger partial charge in [0.2, 0.25) is 0 Å². The zero-order valence-electron chi connectivity index (χ0n) is 19.5. The fourth-order valence-electron chi connectivity index (χ4n) is 3.92. The molecule has 4 rings (SSSR count). The van der Waals surface area contributed by atoms with Crippen LogP contribution >= 0.6 is 11.3 Å². The maximum atomic E-state index is 13.5. The number of alkyl halides is 3. The van der Waals surface area contributed by atoms with Crippen LogP contribution in [0.15, 0.2) is 73.7 Å². The van der Waals surface area contributed by atoms with E-state index in [4.69, 9.17) is 10.5 Å². The molecule has 0 saturated carbocycles. The van der Waals surface area contributed by atoms with Gasteiger partial charge in [-0.2, -0.15) is 18.3 Å². The van der Waals surface area contributed by atoms with Crippen molar-refractivity contribution in [3.05, 3.63) is 95.3 Å². The zero-order chi connectivity index (χ0) is 26.0. The van der Waals surface area contributed by atoms with E-state index in [9.17, 15) is 18.0 Å². The SMILES string of the molecule is C=CN(c1cc(OC(C)c2ccccc2C(F)(F)F)c(C(N)=O)s1)c1ccc(-c2cn[nH]c2)cc1C. The number of nitrogens with two attached hydrogens (primary N) is 1. The van der Waals surface area contributed by atoms with E-state index in [0.717, 1.165) is 39.8 Å². The van der Waals surface area contributed by atoms with Crippen molar-refractivity contribution in [2.24, 2.45) is 5.73 Å². The number of anilines is 2. The molecule has 1 amide bonds. The first-order chi connectivity index (χ1) is 17.1. The van der Waals surface area contributed by atoms with Crippen molar-refractivity contribution in [2.45, 2.75) is 26.1 Å². The molecule has 0 saturated heterocycles. The molecule has 186 valence electrons. The van der Waals surface area contributed by atoms with Gasteiger partial charge in [-0.3, -0.25) is 9.89 Å². The van der Waals surface area contributed by atoms with Crippen molar-refractivity contribution >= 4 is 27.9 Å². The lowest BCUT2D eigenvalue weighted by molar-refractivity contribution is -0.138. The standard InChI is InChI=1S/C26H23F3N4O2S/c1-4-33(21-10-9-17(11-15(21)2)18-13-31-32-14-18)23-12-22(24(36-23)25(30)34)35-16(3)19-7-5-6-8-20(19)26(27,28)29/h4-14,16H,1H2,2-3H3,(H2,30,34)(H,31,32). The second-order valence-corrected chi connectivity index (χ2v) is 9.06. The molecular formula is C26H23F3N4O2S. The molecule has 0 bridgehead atoms. The summed E-state index contributed by atoms with van der Waals surface area (Å²) in [6.45, 7) is 7.33. The summed E-state index contributed by atoms with van der Waals surface area (Å²) in [6.07, 6.45) is -0.431. The summed E-state index contributed by atoms with van der Waals surface area (Å²) in [5.74, 6) is -0.639. The highest BCUT2D eigenvalue weighted by molar-refractivity contribution is 7.18. The van der Waals surface area contributed by atoms with Crippen LogP contribution in [0.2, 0.25) is 0 Å². The van der Waals surface area contributed by atoms with Crippen molar-refractivity contribution in [1.82, 2.24) is 10.2 Å². The summed E-state index contributed by atoms with van der Waals surface area (Å²) >= 11 is 1.07. The van der Waals surface area contributed by atoms with Crippen LogP contribution in [0.3, 0.4) is 0 Å². The predicted octanol–water partition coefficient (Wildman–Crippen LogP) is 6.99. The van der Waals surface area contributed by atoms with Gasteiger partial charge >= 0.3 is 6.18 Å². The Hall–Kier alpha value is -4.05. The zero-order valence-corrected chi connectivity index (χ0v) is 20.3. The highest BCUT2D eigenvalue weighted by Gasteiger charge is 2.35. The minimum atomic E-state index is -4.54. The summed E-state index contributed by atoms with van der Waals surface area (Å²) in [7, 11) is 0. The number of H-pyrrole nitrogens is 1. The number of aromatic amines is 1. The first-order valence-corrected chi connectivity index (χ1v) is 11.7. The van der Waals surface area contributed by atoms with Crippen LogP contribution in [0.1, 0.15) is 39.4 Å². The molecule has 0 radical (unpaired) electrons. The molecule has 1 unspecified atom stereocenters. The Morgan fingerprint density at radius 3 is 2.58 bits per heavy atom. The van der Waals surface area contributed by atoms with Crippen LogP contribution in [0.4, 0.5) is 23.9 Å². The minimum Gasteiger partial charge on any atom is -0.484 e. The normalized spacial score (nSPS) is 12.2. The number of nitrogens with zero attached hydrogens (tertiary/aromatic N) is 2. The van der Waals surface area contributed by atoms with Crippen molar-refractivity contribution in [3.8, 4) is 16.9 Å². The number of rotatable bonds is 8. The summed E-state index contributed by atoms with van der Waals surface area (Å²) in [6, 6.07) is 12.6. The van der Waals surface area contributed by atoms with E-state index in [-0.39, 0.29) is 16.2 Å². The van der Waals surface area contributed by atoms with E-state index >= 15 is 0 Å². The van der Waals surface area contributed by atoms with Crippen molar-refractivity contribution in [2.75, 3.05) is 4.90 Å². The van der Waals surface area contributed by atoms with E-state index in [1.54, 1.807) is 29.6 Å². The maximum Gasteiger partial charge on any atom is 0.416 e. The minimum absolute atomic E-state index is 0.0422. The van der Waals surface area contributed by atoms with E-state index in [0.29, 0.717) is 5.00 Å². The smallest absolute Gasteiger partial charge is 0.416 e. The second-order valence-electron chi connectivity index (χ2n) is 8.03. The first kappa shape index (κ1) is 25.1. The molecule has 6 nitrogen and oxygen atoms in total. The molecule has 0 spiro atoms. The molecule has 3 N–H and O–H groups in total. The lowest BCUT2D eigenvalue weighted by Crippen LogP contribution is -2.15. The number of hydrogen-bond donors (Lipinski definition) is 2. The number of aromatic nitrogens is 2.